The minimum absolute atomic E-state index is 0.439. The van der Waals surface area contributed by atoms with E-state index in [0.29, 0.717) is 28.1 Å². The third-order valence-corrected chi connectivity index (χ3v) is 5.73. The predicted molar refractivity (Wildman–Crippen MR) is 110 cm³/mol. The van der Waals surface area contributed by atoms with Crippen molar-refractivity contribution in [1.82, 2.24) is 14.8 Å². The number of hydrogen-bond donors (Lipinski definition) is 2. The van der Waals surface area contributed by atoms with Gasteiger partial charge in [-0.2, -0.15) is 4.98 Å². The van der Waals surface area contributed by atoms with Gasteiger partial charge in [0.25, 0.3) is 0 Å². The van der Waals surface area contributed by atoms with Crippen molar-refractivity contribution in [3.05, 3.63) is 39.5 Å². The monoisotopic (exact) mass is 451 g/mol. The summed E-state index contributed by atoms with van der Waals surface area (Å²) in [5.41, 5.74) is 7.62. The molecule has 27 heavy (non-hydrogen) atoms. The topological polar surface area (TPSA) is 95.1 Å². The first-order chi connectivity index (χ1) is 13.0. The van der Waals surface area contributed by atoms with Crippen LogP contribution >= 0.6 is 27.7 Å². The van der Waals surface area contributed by atoms with Crippen LogP contribution in [0.4, 0.5) is 5.95 Å². The summed E-state index contributed by atoms with van der Waals surface area (Å²) in [5.74, 6) is 1.68. The molecule has 1 unspecified atom stereocenters. The molecule has 0 radical (unpaired) electrons. The lowest BCUT2D eigenvalue weighted by atomic mass is 9.94. The molecule has 2 heterocycles. The molecule has 0 saturated heterocycles. The van der Waals surface area contributed by atoms with Crippen LogP contribution in [0.1, 0.15) is 38.3 Å². The number of rotatable bonds is 7. The fourth-order valence-corrected chi connectivity index (χ4v) is 4.32. The Bertz CT molecular complexity index is 896. The van der Waals surface area contributed by atoms with Crippen LogP contribution in [0.15, 0.2) is 39.1 Å². The molecule has 9 heteroatoms. The fourth-order valence-electron chi connectivity index (χ4n) is 3.03. The number of fused-ring (bicyclic) bond motifs is 1. The van der Waals surface area contributed by atoms with Gasteiger partial charge in [-0.1, -0.05) is 41.0 Å². The third-order valence-electron chi connectivity index (χ3n) is 4.31. The summed E-state index contributed by atoms with van der Waals surface area (Å²) in [6, 6.07) is 5.14. The van der Waals surface area contributed by atoms with E-state index in [1.807, 2.05) is 25.1 Å². The van der Waals surface area contributed by atoms with Gasteiger partial charge in [-0.25, -0.2) is 4.68 Å². The molecular formula is C18H22BrN5O2S. The molecule has 1 aromatic carbocycles. The number of methoxy groups -OCH3 is 1. The molecule has 0 spiro atoms. The molecule has 0 bridgehead atoms. The molecule has 1 aliphatic heterocycles. The first-order valence-electron chi connectivity index (χ1n) is 8.66. The number of primary amides is 1. The number of nitrogens with zero attached hydrogens (tertiary/aromatic N) is 3. The lowest BCUT2D eigenvalue weighted by Gasteiger charge is -2.28. The van der Waals surface area contributed by atoms with Crippen molar-refractivity contribution < 1.29 is 9.53 Å². The van der Waals surface area contributed by atoms with Crippen molar-refractivity contribution in [3.8, 4) is 5.75 Å². The summed E-state index contributed by atoms with van der Waals surface area (Å²) in [5, 5.41) is 8.47. The van der Waals surface area contributed by atoms with Gasteiger partial charge < -0.3 is 15.8 Å². The Kier molecular flexibility index (Phi) is 6.11. The smallest absolute Gasteiger partial charge is 0.248 e. The van der Waals surface area contributed by atoms with Gasteiger partial charge in [0.1, 0.15) is 11.8 Å². The number of halogens is 1. The number of hydrogen-bond acceptors (Lipinski definition) is 6. The van der Waals surface area contributed by atoms with E-state index in [-0.39, 0.29) is 0 Å². The van der Waals surface area contributed by atoms with Crippen molar-refractivity contribution >= 4 is 39.5 Å². The fraction of sp³-hybridized carbons (Fsp3) is 0.389. The number of carbonyl (C=O) groups is 1. The molecule has 0 fully saturated rings. The number of allylic oxidation sites excluding steroid dienone is 1. The zero-order valence-electron chi connectivity index (χ0n) is 15.5. The van der Waals surface area contributed by atoms with Crippen LogP contribution in [0.5, 0.6) is 5.75 Å². The average Bonchev–Trinajstić information content (AvgIpc) is 3.02. The minimum Gasteiger partial charge on any atom is -0.496 e. The van der Waals surface area contributed by atoms with Crippen molar-refractivity contribution in [2.45, 2.75) is 37.9 Å². The van der Waals surface area contributed by atoms with Gasteiger partial charge in [-0.15, -0.1) is 5.10 Å². The first kappa shape index (κ1) is 19.8. The Labute approximate surface area is 170 Å². The number of nitrogens with two attached hydrogens (primary N) is 1. The van der Waals surface area contributed by atoms with Gasteiger partial charge >= 0.3 is 0 Å². The van der Waals surface area contributed by atoms with E-state index < -0.39 is 11.9 Å². The summed E-state index contributed by atoms with van der Waals surface area (Å²) in [7, 11) is 1.60. The maximum atomic E-state index is 12.3. The zero-order chi connectivity index (χ0) is 19.6. The Morgan fingerprint density at radius 3 is 2.93 bits per heavy atom. The molecule has 3 N–H and O–H groups in total. The number of nitrogens with one attached hydrogen (secondary N) is 1. The van der Waals surface area contributed by atoms with Gasteiger partial charge in [-0.3, -0.25) is 4.79 Å². The molecule has 144 valence electrons. The van der Waals surface area contributed by atoms with E-state index in [2.05, 4.69) is 38.3 Å². The highest BCUT2D eigenvalue weighted by Gasteiger charge is 2.35. The summed E-state index contributed by atoms with van der Waals surface area (Å²) < 4.78 is 8.12. The van der Waals surface area contributed by atoms with Crippen LogP contribution in [-0.2, 0) is 4.79 Å². The number of unbranched alkanes of at least 4 members (excludes halogenated alkanes) is 1. The van der Waals surface area contributed by atoms with E-state index in [0.717, 1.165) is 28.6 Å². The number of ether oxygens (including phenoxy) is 1. The number of carbonyl (C=O) groups excluding carboxylic acids is 1. The van der Waals surface area contributed by atoms with Gasteiger partial charge in [0.15, 0.2) is 0 Å². The van der Waals surface area contributed by atoms with Crippen molar-refractivity contribution in [1.29, 1.82) is 0 Å². The van der Waals surface area contributed by atoms with E-state index in [4.69, 9.17) is 10.5 Å². The average molecular weight is 452 g/mol. The highest BCUT2D eigenvalue weighted by atomic mass is 79.9. The molecular weight excluding hydrogens is 430 g/mol. The van der Waals surface area contributed by atoms with Crippen molar-refractivity contribution in [2.24, 2.45) is 5.73 Å². The van der Waals surface area contributed by atoms with Crippen LogP contribution in [0, 0.1) is 0 Å². The number of anilines is 1. The summed E-state index contributed by atoms with van der Waals surface area (Å²) in [6.45, 7) is 3.97. The summed E-state index contributed by atoms with van der Waals surface area (Å²) in [6.07, 6.45) is 2.21. The molecule has 3 rings (SSSR count). The largest absolute Gasteiger partial charge is 0.496 e. The molecule has 1 aromatic heterocycles. The van der Waals surface area contributed by atoms with Gasteiger partial charge in [0.05, 0.1) is 12.7 Å². The van der Waals surface area contributed by atoms with Crippen molar-refractivity contribution in [2.75, 3.05) is 18.2 Å². The maximum Gasteiger partial charge on any atom is 0.248 e. The highest BCUT2D eigenvalue weighted by Crippen LogP contribution is 2.40. The maximum absolute atomic E-state index is 12.3. The van der Waals surface area contributed by atoms with Gasteiger partial charge in [0.2, 0.25) is 17.0 Å². The molecule has 1 amide bonds. The first-order valence-corrected chi connectivity index (χ1v) is 10.4. The normalized spacial score (nSPS) is 16.1. The lowest BCUT2D eigenvalue weighted by Crippen LogP contribution is -2.32. The van der Waals surface area contributed by atoms with Gasteiger partial charge in [-0.05, 0) is 31.5 Å². The second-order valence-corrected chi connectivity index (χ2v) is 8.16. The van der Waals surface area contributed by atoms with Crippen LogP contribution in [0.3, 0.4) is 0 Å². The molecule has 0 aliphatic carbocycles. The standard InChI is InChI=1S/C18H22BrN5O2S/c1-4-5-8-27-18-22-17-21-10(2)14(16(20)25)15(24(17)23-18)12-9-11(19)6-7-13(12)26-3/h6-7,9,15H,4-5,8H2,1-3H3,(H2,20,25)(H,21,22,23). The molecule has 1 atom stereocenters. The predicted octanol–water partition coefficient (Wildman–Crippen LogP) is 3.72. The van der Waals surface area contributed by atoms with Crippen LogP contribution < -0.4 is 15.8 Å². The van der Waals surface area contributed by atoms with Gasteiger partial charge in [0, 0.05) is 21.5 Å². The summed E-state index contributed by atoms with van der Waals surface area (Å²) in [4.78, 5) is 16.9. The Morgan fingerprint density at radius 1 is 1.48 bits per heavy atom. The third kappa shape index (κ3) is 3.98. The SMILES string of the molecule is CCCCSc1nc2n(n1)C(c1cc(Br)ccc1OC)C(C(N)=O)=C(C)N2. The van der Waals surface area contributed by atoms with E-state index >= 15 is 0 Å². The number of aromatic nitrogens is 3. The minimum atomic E-state index is -0.515. The zero-order valence-corrected chi connectivity index (χ0v) is 17.9. The van der Waals surface area contributed by atoms with E-state index in [1.165, 1.54) is 0 Å². The molecule has 0 saturated carbocycles. The second kappa shape index (κ2) is 8.35. The van der Waals surface area contributed by atoms with Crippen LogP contribution in [0.25, 0.3) is 0 Å². The Morgan fingerprint density at radius 2 is 2.26 bits per heavy atom. The van der Waals surface area contributed by atoms with E-state index in [9.17, 15) is 4.79 Å². The lowest BCUT2D eigenvalue weighted by molar-refractivity contribution is -0.115. The van der Waals surface area contributed by atoms with E-state index in [1.54, 1.807) is 23.6 Å². The number of amides is 1. The molecule has 7 nitrogen and oxygen atoms in total. The molecule has 2 aromatic rings. The molecule has 1 aliphatic rings. The number of benzene rings is 1. The Hall–Kier alpha value is -2.00. The second-order valence-electron chi connectivity index (χ2n) is 6.18. The number of thioether (sulfide) groups is 1. The quantitative estimate of drug-likeness (QED) is 0.491. The van der Waals surface area contributed by atoms with Crippen LogP contribution in [0.2, 0.25) is 0 Å². The van der Waals surface area contributed by atoms with Crippen molar-refractivity contribution in [3.63, 3.8) is 0 Å². The highest BCUT2D eigenvalue weighted by molar-refractivity contribution is 9.10. The summed E-state index contributed by atoms with van der Waals surface area (Å²) >= 11 is 5.10. The van der Waals surface area contributed by atoms with Crippen LogP contribution in [-0.4, -0.2) is 33.5 Å². The Balaban J connectivity index is 2.12.